The van der Waals surface area contributed by atoms with E-state index in [2.05, 4.69) is 15.1 Å². The molecule has 2 fully saturated rings. The minimum atomic E-state index is -1.09. The van der Waals surface area contributed by atoms with Crippen molar-refractivity contribution in [2.45, 2.75) is 19.8 Å². The maximum Gasteiger partial charge on any atom is 0.337 e. The van der Waals surface area contributed by atoms with Crippen molar-refractivity contribution >= 4 is 29.2 Å². The van der Waals surface area contributed by atoms with E-state index in [1.165, 1.54) is 0 Å². The molecule has 0 saturated carbocycles. The van der Waals surface area contributed by atoms with Crippen molar-refractivity contribution in [2.24, 2.45) is 0 Å². The van der Waals surface area contributed by atoms with Gasteiger partial charge in [0, 0.05) is 50.5 Å². The summed E-state index contributed by atoms with van der Waals surface area (Å²) >= 11 is 0. The van der Waals surface area contributed by atoms with Crippen molar-refractivity contribution in [3.05, 3.63) is 59.2 Å². The molecule has 4 rings (SSSR count). The Morgan fingerprint density at radius 3 is 2.27 bits per heavy atom. The Morgan fingerprint density at radius 2 is 1.61 bits per heavy atom. The average molecular weight is 451 g/mol. The summed E-state index contributed by atoms with van der Waals surface area (Å²) in [6, 6.07) is 12.3. The van der Waals surface area contributed by atoms with Crippen LogP contribution in [0.15, 0.2) is 42.5 Å². The molecule has 2 aliphatic heterocycles. The van der Waals surface area contributed by atoms with Gasteiger partial charge in [-0.3, -0.25) is 14.5 Å². The van der Waals surface area contributed by atoms with Crippen LogP contribution in [0.3, 0.4) is 0 Å². The van der Waals surface area contributed by atoms with Crippen LogP contribution in [0.2, 0.25) is 0 Å². The number of benzene rings is 2. The highest BCUT2D eigenvalue weighted by molar-refractivity contribution is 6.08. The van der Waals surface area contributed by atoms with E-state index in [0.717, 1.165) is 50.3 Å². The molecule has 2 aliphatic rings. The fourth-order valence-electron chi connectivity index (χ4n) is 4.45. The number of hydrogen-bond donors (Lipinski definition) is 2. The first-order valence-corrected chi connectivity index (χ1v) is 11.4. The molecule has 33 heavy (non-hydrogen) atoms. The maximum absolute atomic E-state index is 12.7. The standard InChI is InChI=1S/C25H30N4O4/c1-18-6-2-3-7-20(18)24(31)26-22-9-8-19(16-21(22)25(32)33)28-14-12-27(13-15-28)17-23(30)29-10-4-5-11-29/h2-3,6-9,16H,4-5,10-15,17H2,1H3,(H,26,31)(H,32,33). The highest BCUT2D eigenvalue weighted by Gasteiger charge is 2.24. The smallest absolute Gasteiger partial charge is 0.337 e. The minimum absolute atomic E-state index is 0.0566. The van der Waals surface area contributed by atoms with Gasteiger partial charge in [-0.15, -0.1) is 0 Å². The number of likely N-dealkylation sites (tertiary alicyclic amines) is 1. The molecule has 0 unspecified atom stereocenters. The van der Waals surface area contributed by atoms with Crippen LogP contribution in [-0.4, -0.2) is 78.5 Å². The lowest BCUT2D eigenvalue weighted by molar-refractivity contribution is -0.131. The summed E-state index contributed by atoms with van der Waals surface area (Å²) in [4.78, 5) is 43.2. The number of piperazine rings is 1. The number of carbonyl (C=O) groups excluding carboxylic acids is 2. The van der Waals surface area contributed by atoms with E-state index in [1.807, 2.05) is 30.0 Å². The monoisotopic (exact) mass is 450 g/mol. The van der Waals surface area contributed by atoms with Crippen molar-refractivity contribution < 1.29 is 19.5 Å². The first kappa shape index (κ1) is 22.8. The molecule has 2 aromatic carbocycles. The van der Waals surface area contributed by atoms with E-state index in [4.69, 9.17) is 0 Å². The summed E-state index contributed by atoms with van der Waals surface area (Å²) in [5.74, 6) is -1.23. The third-order valence-electron chi connectivity index (χ3n) is 6.43. The van der Waals surface area contributed by atoms with Gasteiger partial charge in [0.1, 0.15) is 0 Å². The number of carboxylic acids is 1. The van der Waals surface area contributed by atoms with Crippen LogP contribution in [-0.2, 0) is 4.79 Å². The number of rotatable bonds is 6. The maximum atomic E-state index is 12.7. The fraction of sp³-hybridized carbons (Fsp3) is 0.400. The third kappa shape index (κ3) is 5.34. The van der Waals surface area contributed by atoms with Gasteiger partial charge in [-0.1, -0.05) is 18.2 Å². The quantitative estimate of drug-likeness (QED) is 0.703. The molecule has 2 saturated heterocycles. The van der Waals surface area contributed by atoms with Crippen LogP contribution < -0.4 is 10.2 Å². The van der Waals surface area contributed by atoms with E-state index in [1.54, 1.807) is 24.3 Å². The number of carboxylic acid groups (broad SMARTS) is 1. The molecule has 8 nitrogen and oxygen atoms in total. The second-order valence-corrected chi connectivity index (χ2v) is 8.66. The number of aromatic carboxylic acids is 1. The normalized spacial score (nSPS) is 16.6. The van der Waals surface area contributed by atoms with Crippen molar-refractivity contribution in [3.8, 4) is 0 Å². The molecule has 0 aliphatic carbocycles. The lowest BCUT2D eigenvalue weighted by atomic mass is 10.1. The highest BCUT2D eigenvalue weighted by atomic mass is 16.4. The number of amides is 2. The Balaban J connectivity index is 1.40. The summed E-state index contributed by atoms with van der Waals surface area (Å²) in [5.41, 5.74) is 2.46. The Hall–Kier alpha value is -3.39. The van der Waals surface area contributed by atoms with Gasteiger partial charge >= 0.3 is 5.97 Å². The SMILES string of the molecule is Cc1ccccc1C(=O)Nc1ccc(N2CCN(CC(=O)N3CCCC3)CC2)cc1C(=O)O. The molecular weight excluding hydrogens is 420 g/mol. The molecule has 0 radical (unpaired) electrons. The summed E-state index contributed by atoms with van der Waals surface area (Å²) < 4.78 is 0. The molecule has 174 valence electrons. The first-order chi connectivity index (χ1) is 15.9. The lowest BCUT2D eigenvalue weighted by Crippen LogP contribution is -2.49. The van der Waals surface area contributed by atoms with Gasteiger partial charge in [0.05, 0.1) is 17.8 Å². The van der Waals surface area contributed by atoms with Crippen molar-refractivity contribution in [1.82, 2.24) is 9.80 Å². The molecule has 2 N–H and O–H groups in total. The van der Waals surface area contributed by atoms with E-state index < -0.39 is 5.97 Å². The van der Waals surface area contributed by atoms with E-state index in [9.17, 15) is 19.5 Å². The van der Waals surface area contributed by atoms with Crippen molar-refractivity contribution in [1.29, 1.82) is 0 Å². The number of nitrogens with zero attached hydrogens (tertiary/aromatic N) is 3. The Morgan fingerprint density at radius 1 is 0.909 bits per heavy atom. The number of carbonyl (C=O) groups is 3. The molecule has 2 aromatic rings. The van der Waals surface area contributed by atoms with Gasteiger partial charge in [0.15, 0.2) is 0 Å². The van der Waals surface area contributed by atoms with Crippen LogP contribution >= 0.6 is 0 Å². The summed E-state index contributed by atoms with van der Waals surface area (Å²) in [6.07, 6.45) is 2.18. The number of anilines is 2. The number of aryl methyl sites for hydroxylation is 1. The number of hydrogen-bond acceptors (Lipinski definition) is 5. The molecule has 2 amide bonds. The van der Waals surface area contributed by atoms with Crippen LogP contribution in [0.25, 0.3) is 0 Å². The van der Waals surface area contributed by atoms with E-state index >= 15 is 0 Å². The van der Waals surface area contributed by atoms with Crippen LogP contribution in [0.4, 0.5) is 11.4 Å². The largest absolute Gasteiger partial charge is 0.478 e. The third-order valence-corrected chi connectivity index (χ3v) is 6.43. The predicted octanol–water partition coefficient (Wildman–Crippen LogP) is 2.69. The van der Waals surface area contributed by atoms with Crippen LogP contribution in [0, 0.1) is 6.92 Å². The Labute approximate surface area is 193 Å². The first-order valence-electron chi connectivity index (χ1n) is 11.4. The van der Waals surface area contributed by atoms with Crippen molar-refractivity contribution in [3.63, 3.8) is 0 Å². The molecular formula is C25H30N4O4. The van der Waals surface area contributed by atoms with Crippen LogP contribution in [0.1, 0.15) is 39.1 Å². The summed E-state index contributed by atoms with van der Waals surface area (Å²) in [7, 11) is 0. The van der Waals surface area contributed by atoms with Gasteiger partial charge in [0.25, 0.3) is 5.91 Å². The lowest BCUT2D eigenvalue weighted by Gasteiger charge is -2.36. The zero-order valence-electron chi connectivity index (χ0n) is 18.9. The zero-order valence-corrected chi connectivity index (χ0v) is 18.9. The zero-order chi connectivity index (χ0) is 23.4. The Kier molecular flexibility index (Phi) is 6.93. The van der Waals surface area contributed by atoms with Gasteiger partial charge in [-0.05, 0) is 49.6 Å². The molecule has 2 heterocycles. The van der Waals surface area contributed by atoms with Gasteiger partial charge in [-0.25, -0.2) is 4.79 Å². The molecule has 0 aromatic heterocycles. The molecule has 0 bridgehead atoms. The summed E-state index contributed by atoms with van der Waals surface area (Å²) in [6.45, 7) is 6.92. The topological polar surface area (TPSA) is 93.2 Å². The van der Waals surface area contributed by atoms with Crippen LogP contribution in [0.5, 0.6) is 0 Å². The van der Waals surface area contributed by atoms with Gasteiger partial charge < -0.3 is 20.2 Å². The molecule has 0 spiro atoms. The van der Waals surface area contributed by atoms with Gasteiger partial charge in [-0.2, -0.15) is 0 Å². The van der Waals surface area contributed by atoms with Gasteiger partial charge in [0.2, 0.25) is 5.91 Å². The van der Waals surface area contributed by atoms with E-state index in [0.29, 0.717) is 25.2 Å². The van der Waals surface area contributed by atoms with Crippen molar-refractivity contribution in [2.75, 3.05) is 56.0 Å². The highest BCUT2D eigenvalue weighted by Crippen LogP contribution is 2.25. The molecule has 0 atom stereocenters. The minimum Gasteiger partial charge on any atom is -0.478 e. The van der Waals surface area contributed by atoms with E-state index in [-0.39, 0.29) is 23.1 Å². The average Bonchev–Trinajstić information content (AvgIpc) is 3.35. The second-order valence-electron chi connectivity index (χ2n) is 8.66. The number of nitrogens with one attached hydrogen (secondary N) is 1. The fourth-order valence-corrected chi connectivity index (χ4v) is 4.45. The summed E-state index contributed by atoms with van der Waals surface area (Å²) in [5, 5.41) is 12.5. The molecule has 8 heteroatoms. The second kappa shape index (κ2) is 10.0. The predicted molar refractivity (Wildman–Crippen MR) is 127 cm³/mol. The Bertz CT molecular complexity index is 1040.